The summed E-state index contributed by atoms with van der Waals surface area (Å²) in [4.78, 5) is 0. The first-order valence-corrected chi connectivity index (χ1v) is 13.3. The second-order valence-electron chi connectivity index (χ2n) is 9.73. The molecule has 6 aromatic rings. The van der Waals surface area contributed by atoms with Crippen LogP contribution in [0.1, 0.15) is 29.7 Å². The van der Waals surface area contributed by atoms with Crippen molar-refractivity contribution in [2.75, 3.05) is 0 Å². The Morgan fingerprint density at radius 1 is 0.359 bits per heavy atom. The molecule has 0 aliphatic heterocycles. The third-order valence-corrected chi connectivity index (χ3v) is 7.19. The highest BCUT2D eigenvalue weighted by Crippen LogP contribution is 2.44. The van der Waals surface area contributed by atoms with Gasteiger partial charge in [0.15, 0.2) is 0 Å². The summed E-state index contributed by atoms with van der Waals surface area (Å²) in [5.41, 5.74) is 13.1. The van der Waals surface area contributed by atoms with Gasteiger partial charge in [-0.25, -0.2) is 0 Å². The molecule has 6 rings (SSSR count). The smallest absolute Gasteiger partial charge is 0.00132 e. The largest absolute Gasteiger partial charge is 0.0776 e. The Morgan fingerprint density at radius 2 is 0.744 bits per heavy atom. The summed E-state index contributed by atoms with van der Waals surface area (Å²) in [6, 6.07) is 56.9. The van der Waals surface area contributed by atoms with Crippen molar-refractivity contribution in [3.8, 4) is 33.4 Å². The van der Waals surface area contributed by atoms with Gasteiger partial charge in [-0.15, -0.1) is 0 Å². The van der Waals surface area contributed by atoms with Gasteiger partial charge in [0.25, 0.3) is 0 Å². The average Bonchev–Trinajstić information content (AvgIpc) is 3.00. The Hall–Kier alpha value is -4.68. The molecule has 39 heavy (non-hydrogen) atoms. The van der Waals surface area contributed by atoms with Gasteiger partial charge in [0.1, 0.15) is 0 Å². The molecule has 0 amide bonds. The summed E-state index contributed by atoms with van der Waals surface area (Å²) >= 11 is 0. The Labute approximate surface area is 233 Å². The zero-order chi connectivity index (χ0) is 25.6. The topological polar surface area (TPSA) is 0 Å². The van der Waals surface area contributed by atoms with Crippen LogP contribution in [-0.2, 0) is 12.8 Å². The second-order valence-corrected chi connectivity index (χ2v) is 9.73. The molecule has 6 aromatic carbocycles. The molecular formula is C39H34. The Bertz CT molecular complexity index is 1600. The van der Waals surface area contributed by atoms with E-state index in [2.05, 4.69) is 158 Å². The minimum Gasteiger partial charge on any atom is -0.0776 e. The molecule has 0 saturated carbocycles. The van der Waals surface area contributed by atoms with E-state index in [1.165, 1.54) is 55.6 Å². The van der Waals surface area contributed by atoms with Crippen LogP contribution in [0.5, 0.6) is 0 Å². The highest BCUT2D eigenvalue weighted by Gasteiger charge is 2.22. The number of hydrogen-bond acceptors (Lipinski definition) is 0. The van der Waals surface area contributed by atoms with E-state index >= 15 is 0 Å². The molecule has 0 fully saturated rings. The third-order valence-electron chi connectivity index (χ3n) is 7.19. The molecule has 0 saturated heterocycles. The number of rotatable bonds is 7. The van der Waals surface area contributed by atoms with Gasteiger partial charge in [0.2, 0.25) is 0 Å². The maximum Gasteiger partial charge on any atom is -0.00132 e. The van der Waals surface area contributed by atoms with E-state index in [-0.39, 0.29) is 7.43 Å². The van der Waals surface area contributed by atoms with Gasteiger partial charge in [0, 0.05) is 0 Å². The first kappa shape index (κ1) is 25.9. The first-order chi connectivity index (χ1) is 18.9. The quantitative estimate of drug-likeness (QED) is 0.204. The fourth-order valence-electron chi connectivity index (χ4n) is 5.45. The van der Waals surface area contributed by atoms with Crippen molar-refractivity contribution in [2.45, 2.75) is 20.3 Å². The van der Waals surface area contributed by atoms with E-state index in [0.29, 0.717) is 0 Å². The predicted octanol–water partition coefficient (Wildman–Crippen LogP) is 10.5. The maximum absolute atomic E-state index is 2.45. The standard InChI is InChI=1S/C38H30.CH4/c1-6-16-29(17-7-1)26-34-28-35(31-20-10-3-11-21-31)36(27-30-18-8-2-9-19-30)38(33-24-14-5-15-25-33)37(34)32-22-12-4-13-23-32;/h1-25,28H,26-27H2;1H4. The SMILES string of the molecule is C.c1ccc(Cc2cc(-c3ccccc3)c(Cc3ccccc3)c(-c3ccccc3)c2-c2ccccc2)cc1. The van der Waals surface area contributed by atoms with E-state index < -0.39 is 0 Å². The molecule has 0 nitrogen and oxygen atoms in total. The summed E-state index contributed by atoms with van der Waals surface area (Å²) in [6.07, 6.45) is 1.73. The number of hydrogen-bond donors (Lipinski definition) is 0. The van der Waals surface area contributed by atoms with E-state index in [1.807, 2.05) is 0 Å². The van der Waals surface area contributed by atoms with E-state index in [9.17, 15) is 0 Å². The molecule has 0 N–H and O–H groups in total. The Morgan fingerprint density at radius 3 is 1.23 bits per heavy atom. The van der Waals surface area contributed by atoms with Crippen LogP contribution in [0.4, 0.5) is 0 Å². The summed E-state index contributed by atoms with van der Waals surface area (Å²) < 4.78 is 0. The predicted molar refractivity (Wildman–Crippen MR) is 168 cm³/mol. The average molecular weight is 503 g/mol. The first-order valence-electron chi connectivity index (χ1n) is 13.3. The van der Waals surface area contributed by atoms with Crippen molar-refractivity contribution < 1.29 is 0 Å². The van der Waals surface area contributed by atoms with Crippen LogP contribution in [0.25, 0.3) is 33.4 Å². The molecule has 0 atom stereocenters. The van der Waals surface area contributed by atoms with Gasteiger partial charge in [-0.3, -0.25) is 0 Å². The third kappa shape index (κ3) is 5.76. The van der Waals surface area contributed by atoms with Crippen molar-refractivity contribution in [1.82, 2.24) is 0 Å². The van der Waals surface area contributed by atoms with Gasteiger partial charge in [-0.2, -0.15) is 0 Å². The monoisotopic (exact) mass is 502 g/mol. The molecule has 0 bridgehead atoms. The van der Waals surface area contributed by atoms with Crippen molar-refractivity contribution in [3.63, 3.8) is 0 Å². The second kappa shape index (κ2) is 12.2. The van der Waals surface area contributed by atoms with Crippen molar-refractivity contribution in [2.24, 2.45) is 0 Å². The minimum absolute atomic E-state index is 0. The summed E-state index contributed by atoms with van der Waals surface area (Å²) in [6.45, 7) is 0. The summed E-state index contributed by atoms with van der Waals surface area (Å²) in [5.74, 6) is 0. The van der Waals surface area contributed by atoms with Gasteiger partial charge in [-0.05, 0) is 74.5 Å². The fourth-order valence-corrected chi connectivity index (χ4v) is 5.45. The zero-order valence-corrected chi connectivity index (χ0v) is 21.4. The van der Waals surface area contributed by atoms with Crippen LogP contribution < -0.4 is 0 Å². The molecule has 0 spiro atoms. The van der Waals surface area contributed by atoms with Crippen molar-refractivity contribution in [1.29, 1.82) is 0 Å². The van der Waals surface area contributed by atoms with Gasteiger partial charge >= 0.3 is 0 Å². The van der Waals surface area contributed by atoms with E-state index in [4.69, 9.17) is 0 Å². The van der Waals surface area contributed by atoms with E-state index in [1.54, 1.807) is 0 Å². The lowest BCUT2D eigenvalue weighted by atomic mass is 9.79. The maximum atomic E-state index is 2.45. The zero-order valence-electron chi connectivity index (χ0n) is 21.4. The molecule has 0 heterocycles. The normalized spacial score (nSPS) is 10.6. The number of benzene rings is 6. The van der Waals surface area contributed by atoms with Gasteiger partial charge < -0.3 is 0 Å². The highest BCUT2D eigenvalue weighted by molar-refractivity contribution is 5.93. The van der Waals surface area contributed by atoms with Crippen LogP contribution >= 0.6 is 0 Å². The molecule has 190 valence electrons. The fraction of sp³-hybridized carbons (Fsp3) is 0.0769. The molecule has 0 radical (unpaired) electrons. The molecular weight excluding hydrogens is 468 g/mol. The van der Waals surface area contributed by atoms with Crippen LogP contribution in [0.15, 0.2) is 158 Å². The van der Waals surface area contributed by atoms with Crippen molar-refractivity contribution >= 4 is 0 Å². The summed E-state index contributed by atoms with van der Waals surface area (Å²) in [5, 5.41) is 0. The lowest BCUT2D eigenvalue weighted by Gasteiger charge is -2.24. The van der Waals surface area contributed by atoms with E-state index in [0.717, 1.165) is 12.8 Å². The van der Waals surface area contributed by atoms with Crippen LogP contribution in [-0.4, -0.2) is 0 Å². The molecule has 0 aliphatic rings. The molecule has 0 heteroatoms. The van der Waals surface area contributed by atoms with Crippen LogP contribution in [0.2, 0.25) is 0 Å². The molecule has 0 aliphatic carbocycles. The highest BCUT2D eigenvalue weighted by atomic mass is 14.3. The van der Waals surface area contributed by atoms with Crippen LogP contribution in [0, 0.1) is 0 Å². The lowest BCUT2D eigenvalue weighted by molar-refractivity contribution is 1.16. The van der Waals surface area contributed by atoms with Crippen LogP contribution in [0.3, 0.4) is 0 Å². The summed E-state index contributed by atoms with van der Waals surface area (Å²) in [7, 11) is 0. The molecule has 0 unspecified atom stereocenters. The van der Waals surface area contributed by atoms with Crippen molar-refractivity contribution in [3.05, 3.63) is 180 Å². The lowest BCUT2D eigenvalue weighted by Crippen LogP contribution is -2.04. The molecule has 0 aromatic heterocycles. The van der Waals surface area contributed by atoms with Gasteiger partial charge in [0.05, 0.1) is 0 Å². The van der Waals surface area contributed by atoms with Gasteiger partial charge in [-0.1, -0.05) is 159 Å². The minimum atomic E-state index is 0. The Kier molecular flexibility index (Phi) is 8.15. The Balaban J connectivity index is 0.00000308.